The number of ether oxygens (including phenoxy) is 1. The van der Waals surface area contributed by atoms with Gasteiger partial charge in [-0.05, 0) is 24.5 Å². The second-order valence-electron chi connectivity index (χ2n) is 5.65. The lowest BCUT2D eigenvalue weighted by Gasteiger charge is -2.27. The number of nitrogens with one attached hydrogen (secondary N) is 2. The Bertz CT molecular complexity index is 486. The summed E-state index contributed by atoms with van der Waals surface area (Å²) in [4.78, 5) is 14.6. The van der Waals surface area contributed by atoms with Gasteiger partial charge in [-0.2, -0.15) is 0 Å². The lowest BCUT2D eigenvalue weighted by atomic mass is 10.1. The van der Waals surface area contributed by atoms with Crippen LogP contribution in [-0.2, 0) is 16.0 Å². The number of amides is 1. The van der Waals surface area contributed by atoms with Crippen LogP contribution in [0, 0.1) is 0 Å². The maximum Gasteiger partial charge on any atom is 0.241 e. The molecule has 0 aliphatic carbocycles. The van der Waals surface area contributed by atoms with E-state index in [9.17, 15) is 4.79 Å². The highest BCUT2D eigenvalue weighted by molar-refractivity contribution is 5.96. The molecule has 0 spiro atoms. The number of hydrogen-bond acceptors (Lipinski definition) is 4. The van der Waals surface area contributed by atoms with E-state index in [1.165, 1.54) is 5.56 Å². The van der Waals surface area contributed by atoms with Gasteiger partial charge in [-0.25, -0.2) is 0 Å². The number of para-hydroxylation sites is 1. The molecule has 1 fully saturated rings. The maximum atomic E-state index is 12.3. The van der Waals surface area contributed by atoms with Gasteiger partial charge in [-0.15, -0.1) is 0 Å². The van der Waals surface area contributed by atoms with Crippen LogP contribution in [-0.4, -0.2) is 56.2 Å². The van der Waals surface area contributed by atoms with Crippen molar-refractivity contribution in [2.45, 2.75) is 18.9 Å². The van der Waals surface area contributed by atoms with E-state index in [-0.39, 0.29) is 11.9 Å². The van der Waals surface area contributed by atoms with Crippen molar-refractivity contribution < 1.29 is 9.53 Å². The van der Waals surface area contributed by atoms with Crippen molar-refractivity contribution >= 4 is 11.6 Å². The number of fused-ring (bicyclic) bond motifs is 1. The smallest absolute Gasteiger partial charge is 0.241 e. The molecule has 2 aliphatic heterocycles. The van der Waals surface area contributed by atoms with E-state index in [0.29, 0.717) is 0 Å². The molecule has 0 radical (unpaired) electrons. The molecule has 2 heterocycles. The van der Waals surface area contributed by atoms with E-state index in [1.807, 2.05) is 18.2 Å². The van der Waals surface area contributed by atoms with Gasteiger partial charge in [0, 0.05) is 31.9 Å². The van der Waals surface area contributed by atoms with Crippen LogP contribution in [0.25, 0.3) is 0 Å². The first kappa shape index (κ1) is 14.5. The lowest BCUT2D eigenvalue weighted by Crippen LogP contribution is -2.45. The van der Waals surface area contributed by atoms with Gasteiger partial charge in [-0.1, -0.05) is 18.2 Å². The largest absolute Gasteiger partial charge is 0.379 e. The first-order chi connectivity index (χ1) is 10.3. The van der Waals surface area contributed by atoms with E-state index in [2.05, 4.69) is 21.6 Å². The van der Waals surface area contributed by atoms with Crippen LogP contribution >= 0.6 is 0 Å². The summed E-state index contributed by atoms with van der Waals surface area (Å²) in [6, 6.07) is 7.95. The first-order valence-corrected chi connectivity index (χ1v) is 7.75. The molecule has 0 bridgehead atoms. The lowest BCUT2D eigenvalue weighted by molar-refractivity contribution is -0.118. The van der Waals surface area contributed by atoms with Crippen LogP contribution in [0.1, 0.15) is 12.0 Å². The molecule has 0 saturated carbocycles. The number of benzene rings is 1. The van der Waals surface area contributed by atoms with Gasteiger partial charge >= 0.3 is 0 Å². The molecule has 1 aromatic rings. The fourth-order valence-corrected chi connectivity index (χ4v) is 2.93. The molecule has 1 aromatic carbocycles. The van der Waals surface area contributed by atoms with Gasteiger partial charge in [0.15, 0.2) is 0 Å². The molecule has 3 rings (SSSR count). The highest BCUT2D eigenvalue weighted by Crippen LogP contribution is 2.21. The number of carbonyl (C=O) groups excluding carboxylic acids is 1. The number of anilines is 1. The van der Waals surface area contributed by atoms with Crippen LogP contribution in [0.15, 0.2) is 24.3 Å². The number of nitrogens with zero attached hydrogens (tertiary/aromatic N) is 1. The number of hydrogen-bond donors (Lipinski definition) is 2. The van der Waals surface area contributed by atoms with E-state index in [4.69, 9.17) is 4.74 Å². The zero-order chi connectivity index (χ0) is 14.5. The summed E-state index contributed by atoms with van der Waals surface area (Å²) in [6.45, 7) is 5.43. The van der Waals surface area contributed by atoms with Crippen LogP contribution in [0.3, 0.4) is 0 Å². The van der Waals surface area contributed by atoms with Gasteiger partial charge in [0.1, 0.15) is 0 Å². The summed E-state index contributed by atoms with van der Waals surface area (Å²) < 4.78 is 5.34. The van der Waals surface area contributed by atoms with Crippen molar-refractivity contribution in [3.63, 3.8) is 0 Å². The molecule has 0 aromatic heterocycles. The Balaban J connectivity index is 1.49. The molecular weight excluding hydrogens is 266 g/mol. The normalized spacial score (nSPS) is 23.2. The number of morpholine rings is 1. The molecule has 1 saturated heterocycles. The van der Waals surface area contributed by atoms with Crippen molar-refractivity contribution in [3.05, 3.63) is 29.8 Å². The second-order valence-corrected chi connectivity index (χ2v) is 5.65. The molecule has 21 heavy (non-hydrogen) atoms. The molecular formula is C16H23N3O2. The Morgan fingerprint density at radius 1 is 1.29 bits per heavy atom. The Labute approximate surface area is 125 Å². The van der Waals surface area contributed by atoms with E-state index >= 15 is 0 Å². The third-order valence-corrected chi connectivity index (χ3v) is 4.22. The summed E-state index contributed by atoms with van der Waals surface area (Å²) in [5.74, 6) is 0.0851. The Morgan fingerprint density at radius 3 is 2.95 bits per heavy atom. The first-order valence-electron chi connectivity index (χ1n) is 7.75. The van der Waals surface area contributed by atoms with E-state index in [0.717, 1.165) is 57.9 Å². The standard InChI is InChI=1S/C16H23N3O2/c20-16-15(17-7-8-19-9-11-21-12-10-19)6-5-13-3-1-2-4-14(13)18-16/h1-4,15,17H,5-12H2,(H,18,20). The Hall–Kier alpha value is -1.43. The highest BCUT2D eigenvalue weighted by Gasteiger charge is 2.23. The molecule has 5 heteroatoms. The van der Waals surface area contributed by atoms with Crippen molar-refractivity contribution in [3.8, 4) is 0 Å². The van der Waals surface area contributed by atoms with Gasteiger partial charge in [-0.3, -0.25) is 9.69 Å². The minimum Gasteiger partial charge on any atom is -0.379 e. The Morgan fingerprint density at radius 2 is 2.10 bits per heavy atom. The Kier molecular flexibility index (Phi) is 4.85. The quantitative estimate of drug-likeness (QED) is 0.863. The topological polar surface area (TPSA) is 53.6 Å². The molecule has 114 valence electrons. The monoisotopic (exact) mass is 289 g/mol. The highest BCUT2D eigenvalue weighted by atomic mass is 16.5. The zero-order valence-electron chi connectivity index (χ0n) is 12.3. The predicted molar refractivity (Wildman–Crippen MR) is 82.4 cm³/mol. The SMILES string of the molecule is O=C1Nc2ccccc2CCC1NCCN1CCOCC1. The predicted octanol–water partition coefficient (Wildman–Crippen LogP) is 0.862. The average molecular weight is 289 g/mol. The molecule has 1 amide bonds. The van der Waals surface area contributed by atoms with Crippen molar-refractivity contribution in [1.82, 2.24) is 10.2 Å². The molecule has 2 aliphatic rings. The maximum absolute atomic E-state index is 12.3. The zero-order valence-corrected chi connectivity index (χ0v) is 12.3. The minimum atomic E-state index is -0.0987. The minimum absolute atomic E-state index is 0.0851. The second kappa shape index (κ2) is 7.02. The van der Waals surface area contributed by atoms with Crippen LogP contribution < -0.4 is 10.6 Å². The van der Waals surface area contributed by atoms with Crippen LogP contribution in [0.4, 0.5) is 5.69 Å². The van der Waals surface area contributed by atoms with Crippen LogP contribution in [0.2, 0.25) is 0 Å². The van der Waals surface area contributed by atoms with E-state index < -0.39 is 0 Å². The molecule has 5 nitrogen and oxygen atoms in total. The number of carbonyl (C=O) groups is 1. The third-order valence-electron chi connectivity index (χ3n) is 4.22. The number of rotatable bonds is 4. The summed E-state index contributed by atoms with van der Waals surface area (Å²) >= 11 is 0. The summed E-state index contributed by atoms with van der Waals surface area (Å²) in [7, 11) is 0. The molecule has 1 atom stereocenters. The fraction of sp³-hybridized carbons (Fsp3) is 0.562. The van der Waals surface area contributed by atoms with Crippen molar-refractivity contribution in [2.75, 3.05) is 44.7 Å². The number of aryl methyl sites for hydroxylation is 1. The third kappa shape index (κ3) is 3.81. The van der Waals surface area contributed by atoms with Crippen molar-refractivity contribution in [1.29, 1.82) is 0 Å². The van der Waals surface area contributed by atoms with Crippen LogP contribution in [0.5, 0.6) is 0 Å². The summed E-state index contributed by atoms with van der Waals surface area (Å²) in [6.07, 6.45) is 1.79. The van der Waals surface area contributed by atoms with Gasteiger partial charge in [0.25, 0.3) is 0 Å². The average Bonchev–Trinajstić information content (AvgIpc) is 2.68. The van der Waals surface area contributed by atoms with Gasteiger partial charge in [0.2, 0.25) is 5.91 Å². The molecule has 1 unspecified atom stereocenters. The van der Waals surface area contributed by atoms with Crippen molar-refractivity contribution in [2.24, 2.45) is 0 Å². The molecule has 2 N–H and O–H groups in total. The van der Waals surface area contributed by atoms with E-state index in [1.54, 1.807) is 0 Å². The van der Waals surface area contributed by atoms with Gasteiger partial charge in [0.05, 0.1) is 19.3 Å². The fourth-order valence-electron chi connectivity index (χ4n) is 2.93. The summed E-state index contributed by atoms with van der Waals surface area (Å²) in [5.41, 5.74) is 2.18. The summed E-state index contributed by atoms with van der Waals surface area (Å²) in [5, 5.41) is 6.42. The van der Waals surface area contributed by atoms with Gasteiger partial charge < -0.3 is 15.4 Å².